The lowest BCUT2D eigenvalue weighted by Gasteiger charge is -2.32. The fourth-order valence-corrected chi connectivity index (χ4v) is 3.77. The van der Waals surface area contributed by atoms with E-state index in [4.69, 9.17) is 4.52 Å². The molecule has 1 aromatic carbocycles. The molecule has 0 spiro atoms. The van der Waals surface area contributed by atoms with E-state index in [0.29, 0.717) is 12.3 Å². The predicted octanol–water partition coefficient (Wildman–Crippen LogP) is 3.18. The Balaban J connectivity index is 1.44. The number of carbonyl (C=O) groups is 1. The molecule has 2 aromatic heterocycles. The van der Waals surface area contributed by atoms with E-state index in [9.17, 15) is 4.79 Å². The first-order valence-corrected chi connectivity index (χ1v) is 9.44. The number of imidazole rings is 1. The number of hydrogen-bond donors (Lipinski definition) is 0. The van der Waals surface area contributed by atoms with E-state index in [0.717, 1.165) is 37.4 Å². The molecule has 4 rings (SSSR count). The topological polar surface area (TPSA) is 64.2 Å². The van der Waals surface area contributed by atoms with Gasteiger partial charge in [0.05, 0.1) is 12.1 Å². The fourth-order valence-electron chi connectivity index (χ4n) is 3.77. The van der Waals surface area contributed by atoms with E-state index in [1.807, 2.05) is 36.4 Å². The van der Waals surface area contributed by atoms with Crippen LogP contribution in [-0.2, 0) is 17.8 Å². The van der Waals surface area contributed by atoms with Crippen LogP contribution in [0.1, 0.15) is 41.6 Å². The van der Waals surface area contributed by atoms with E-state index in [2.05, 4.69) is 39.0 Å². The summed E-state index contributed by atoms with van der Waals surface area (Å²) in [5, 5.41) is 3.86. The third-order valence-electron chi connectivity index (χ3n) is 5.08. The molecule has 0 aliphatic carbocycles. The van der Waals surface area contributed by atoms with Gasteiger partial charge in [-0.3, -0.25) is 4.79 Å². The van der Waals surface area contributed by atoms with Gasteiger partial charge in [0.15, 0.2) is 0 Å². The van der Waals surface area contributed by atoms with E-state index in [-0.39, 0.29) is 18.2 Å². The molecule has 6 heteroatoms. The molecule has 1 aliphatic heterocycles. The van der Waals surface area contributed by atoms with Crippen molar-refractivity contribution in [3.05, 3.63) is 71.6 Å². The summed E-state index contributed by atoms with van der Waals surface area (Å²) in [6, 6.07) is 12.2. The SMILES string of the molecule is Cc1cc(CC(=O)N2CCC[C@H](c3nccn3Cc3ccccc3)C2)on1. The maximum Gasteiger partial charge on any atom is 0.230 e. The number of rotatable bonds is 5. The van der Waals surface area contributed by atoms with Crippen molar-refractivity contribution in [2.75, 3.05) is 13.1 Å². The maximum atomic E-state index is 12.7. The van der Waals surface area contributed by atoms with E-state index >= 15 is 0 Å². The van der Waals surface area contributed by atoms with Crippen LogP contribution in [0.4, 0.5) is 0 Å². The highest BCUT2D eigenvalue weighted by Gasteiger charge is 2.28. The van der Waals surface area contributed by atoms with Gasteiger partial charge < -0.3 is 14.0 Å². The highest BCUT2D eigenvalue weighted by molar-refractivity contribution is 5.78. The fraction of sp³-hybridized carbons (Fsp3) is 0.381. The van der Waals surface area contributed by atoms with Crippen molar-refractivity contribution in [1.29, 1.82) is 0 Å². The van der Waals surface area contributed by atoms with E-state index in [1.54, 1.807) is 0 Å². The van der Waals surface area contributed by atoms with Gasteiger partial charge in [-0.2, -0.15) is 0 Å². The summed E-state index contributed by atoms with van der Waals surface area (Å²) in [5.41, 5.74) is 2.05. The average Bonchev–Trinajstić information content (AvgIpc) is 3.31. The Hall–Kier alpha value is -2.89. The van der Waals surface area contributed by atoms with Gasteiger partial charge in [0.2, 0.25) is 5.91 Å². The van der Waals surface area contributed by atoms with Crippen LogP contribution < -0.4 is 0 Å². The van der Waals surface area contributed by atoms with Crippen molar-refractivity contribution in [1.82, 2.24) is 19.6 Å². The van der Waals surface area contributed by atoms with Gasteiger partial charge in [-0.15, -0.1) is 0 Å². The molecule has 0 radical (unpaired) electrons. The van der Waals surface area contributed by atoms with Crippen LogP contribution in [0.3, 0.4) is 0 Å². The van der Waals surface area contributed by atoms with Gasteiger partial charge in [0, 0.05) is 44.0 Å². The number of carbonyl (C=O) groups excluding carboxylic acids is 1. The molecule has 1 saturated heterocycles. The van der Waals surface area contributed by atoms with Gasteiger partial charge in [0.25, 0.3) is 0 Å². The summed E-state index contributed by atoms with van der Waals surface area (Å²) in [4.78, 5) is 19.2. The molecule has 0 unspecified atom stereocenters. The number of aromatic nitrogens is 3. The van der Waals surface area contributed by atoms with Gasteiger partial charge in [-0.1, -0.05) is 35.5 Å². The highest BCUT2D eigenvalue weighted by atomic mass is 16.5. The molecule has 3 heterocycles. The Morgan fingerprint density at radius 2 is 2.15 bits per heavy atom. The zero-order chi connectivity index (χ0) is 18.6. The molecule has 1 fully saturated rings. The minimum absolute atomic E-state index is 0.0945. The summed E-state index contributed by atoms with van der Waals surface area (Å²) in [5.74, 6) is 2.05. The molecule has 1 aliphatic rings. The van der Waals surface area contributed by atoms with Gasteiger partial charge in [0.1, 0.15) is 11.6 Å². The molecule has 3 aromatic rings. The molecule has 0 saturated carbocycles. The number of benzene rings is 1. The van der Waals surface area contributed by atoms with Crippen LogP contribution in [-0.4, -0.2) is 38.6 Å². The lowest BCUT2D eigenvalue weighted by molar-refractivity contribution is -0.132. The molecular weight excluding hydrogens is 340 g/mol. The molecule has 1 amide bonds. The Kier molecular flexibility index (Phi) is 5.05. The largest absolute Gasteiger partial charge is 0.361 e. The van der Waals surface area contributed by atoms with Crippen LogP contribution in [0.5, 0.6) is 0 Å². The smallest absolute Gasteiger partial charge is 0.230 e. The molecule has 1 atom stereocenters. The quantitative estimate of drug-likeness (QED) is 0.697. The molecule has 6 nitrogen and oxygen atoms in total. The van der Waals surface area contributed by atoms with Crippen molar-refractivity contribution < 1.29 is 9.32 Å². The number of nitrogens with zero attached hydrogens (tertiary/aromatic N) is 4. The zero-order valence-corrected chi connectivity index (χ0v) is 15.5. The van der Waals surface area contributed by atoms with Crippen molar-refractivity contribution in [3.8, 4) is 0 Å². The van der Waals surface area contributed by atoms with Crippen molar-refractivity contribution in [3.63, 3.8) is 0 Å². The van der Waals surface area contributed by atoms with Gasteiger partial charge in [-0.25, -0.2) is 4.98 Å². The second-order valence-corrected chi connectivity index (χ2v) is 7.19. The Morgan fingerprint density at radius 3 is 2.93 bits per heavy atom. The number of aryl methyl sites for hydroxylation is 1. The lowest BCUT2D eigenvalue weighted by Crippen LogP contribution is -2.40. The third kappa shape index (κ3) is 4.10. The minimum Gasteiger partial charge on any atom is -0.361 e. The molecule has 0 N–H and O–H groups in total. The van der Waals surface area contributed by atoms with E-state index in [1.165, 1.54) is 5.56 Å². The number of likely N-dealkylation sites (tertiary alicyclic amines) is 1. The number of piperidine rings is 1. The van der Waals surface area contributed by atoms with Crippen LogP contribution in [0.25, 0.3) is 0 Å². The second kappa shape index (κ2) is 7.78. The van der Waals surface area contributed by atoms with Crippen LogP contribution in [0.15, 0.2) is 53.3 Å². The lowest BCUT2D eigenvalue weighted by atomic mass is 9.96. The average molecular weight is 364 g/mol. The Morgan fingerprint density at radius 1 is 1.30 bits per heavy atom. The normalized spacial score (nSPS) is 17.2. The van der Waals surface area contributed by atoms with E-state index < -0.39 is 0 Å². The second-order valence-electron chi connectivity index (χ2n) is 7.19. The Labute approximate surface area is 158 Å². The summed E-state index contributed by atoms with van der Waals surface area (Å²) in [6.45, 7) is 4.17. The van der Waals surface area contributed by atoms with Crippen molar-refractivity contribution in [2.45, 2.75) is 38.6 Å². The first-order valence-electron chi connectivity index (χ1n) is 9.44. The standard InChI is InChI=1S/C21H24N4O2/c1-16-12-19(27-23-16)13-20(26)24-10-5-8-18(15-24)21-22-9-11-25(21)14-17-6-3-2-4-7-17/h2-4,6-7,9,11-12,18H,5,8,10,13-15H2,1H3/t18-/m0/s1. The Bertz CT molecular complexity index is 900. The molecule has 140 valence electrons. The maximum absolute atomic E-state index is 12.7. The monoisotopic (exact) mass is 364 g/mol. The highest BCUT2D eigenvalue weighted by Crippen LogP contribution is 2.27. The third-order valence-corrected chi connectivity index (χ3v) is 5.08. The van der Waals surface area contributed by atoms with Crippen molar-refractivity contribution in [2.24, 2.45) is 0 Å². The number of hydrogen-bond acceptors (Lipinski definition) is 4. The summed E-state index contributed by atoms with van der Waals surface area (Å²) in [7, 11) is 0. The minimum atomic E-state index is 0.0945. The molecule has 0 bridgehead atoms. The molecule has 27 heavy (non-hydrogen) atoms. The summed E-state index contributed by atoms with van der Waals surface area (Å²) >= 11 is 0. The summed E-state index contributed by atoms with van der Waals surface area (Å²) < 4.78 is 7.40. The van der Waals surface area contributed by atoms with Gasteiger partial charge >= 0.3 is 0 Å². The van der Waals surface area contributed by atoms with Crippen LogP contribution >= 0.6 is 0 Å². The summed E-state index contributed by atoms with van der Waals surface area (Å²) in [6.07, 6.45) is 6.20. The van der Waals surface area contributed by atoms with Crippen molar-refractivity contribution >= 4 is 5.91 Å². The number of amides is 1. The first kappa shape index (κ1) is 17.5. The van der Waals surface area contributed by atoms with Gasteiger partial charge in [-0.05, 0) is 25.3 Å². The zero-order valence-electron chi connectivity index (χ0n) is 15.5. The van der Waals surface area contributed by atoms with Crippen LogP contribution in [0, 0.1) is 6.92 Å². The first-order chi connectivity index (χ1) is 13.2. The molecular formula is C21H24N4O2. The predicted molar refractivity (Wildman–Crippen MR) is 101 cm³/mol. The van der Waals surface area contributed by atoms with Crippen LogP contribution in [0.2, 0.25) is 0 Å².